The topological polar surface area (TPSA) is 0 Å². The van der Waals surface area contributed by atoms with E-state index in [-0.39, 0.29) is 14.9 Å². The first-order valence-electron chi connectivity index (χ1n) is 4.21. The summed E-state index contributed by atoms with van der Waals surface area (Å²) in [4.78, 5) is 0. The standard InChI is InChI=1S/C8H16S2.2CH4/c1-2-3-4-5-6-8-7-9-10-8;;/h8H,2-7H2,1H3;2*1H4. The fraction of sp³-hybridized carbons (Fsp3) is 1.00. The van der Waals surface area contributed by atoms with Crippen LogP contribution in [0.2, 0.25) is 0 Å². The average Bonchev–Trinajstić information content (AvgIpc) is 1.84. The van der Waals surface area contributed by atoms with Crippen molar-refractivity contribution in [2.24, 2.45) is 0 Å². The Morgan fingerprint density at radius 1 is 1.17 bits per heavy atom. The van der Waals surface area contributed by atoms with Gasteiger partial charge in [0, 0.05) is 11.0 Å². The van der Waals surface area contributed by atoms with Gasteiger partial charge in [-0.1, -0.05) is 69.0 Å². The molecule has 1 rings (SSSR count). The van der Waals surface area contributed by atoms with E-state index < -0.39 is 0 Å². The zero-order chi connectivity index (χ0) is 7.23. The molecule has 0 saturated carbocycles. The Labute approximate surface area is 86.7 Å². The van der Waals surface area contributed by atoms with E-state index in [4.69, 9.17) is 0 Å². The second-order valence-electron chi connectivity index (χ2n) is 2.85. The molecule has 1 atom stereocenters. The summed E-state index contributed by atoms with van der Waals surface area (Å²) in [6, 6.07) is 0. The molecule has 0 aromatic rings. The molecule has 0 aliphatic carbocycles. The van der Waals surface area contributed by atoms with Crippen molar-refractivity contribution in [2.45, 2.75) is 59.1 Å². The molecule has 0 amide bonds. The molecule has 1 aliphatic rings. The van der Waals surface area contributed by atoms with Crippen LogP contribution in [0.1, 0.15) is 53.9 Å². The van der Waals surface area contributed by atoms with Crippen molar-refractivity contribution in [2.75, 3.05) is 5.75 Å². The highest BCUT2D eigenvalue weighted by atomic mass is 33.1. The highest BCUT2D eigenvalue weighted by molar-refractivity contribution is 8.79. The van der Waals surface area contributed by atoms with Gasteiger partial charge >= 0.3 is 0 Å². The van der Waals surface area contributed by atoms with E-state index in [1.54, 1.807) is 0 Å². The average molecular weight is 208 g/mol. The third-order valence-corrected chi connectivity index (χ3v) is 5.03. The van der Waals surface area contributed by atoms with E-state index >= 15 is 0 Å². The molecular weight excluding hydrogens is 184 g/mol. The first-order valence-corrected chi connectivity index (χ1v) is 6.60. The van der Waals surface area contributed by atoms with Crippen LogP contribution in [0, 0.1) is 0 Å². The zero-order valence-electron chi connectivity index (χ0n) is 6.64. The van der Waals surface area contributed by atoms with Crippen molar-refractivity contribution in [1.82, 2.24) is 0 Å². The molecule has 0 aromatic heterocycles. The Morgan fingerprint density at radius 2 is 1.83 bits per heavy atom. The Morgan fingerprint density at radius 3 is 2.25 bits per heavy atom. The fourth-order valence-electron chi connectivity index (χ4n) is 1.09. The van der Waals surface area contributed by atoms with Gasteiger partial charge in [0.15, 0.2) is 0 Å². The van der Waals surface area contributed by atoms with Crippen molar-refractivity contribution in [3.8, 4) is 0 Å². The normalized spacial score (nSPS) is 20.2. The van der Waals surface area contributed by atoms with Crippen LogP contribution in [0.25, 0.3) is 0 Å². The van der Waals surface area contributed by atoms with Gasteiger partial charge in [-0.3, -0.25) is 0 Å². The lowest BCUT2D eigenvalue weighted by molar-refractivity contribution is 0.632. The molecular formula is C10H24S2. The van der Waals surface area contributed by atoms with E-state index in [1.807, 2.05) is 10.8 Å². The maximum atomic E-state index is 2.27. The molecule has 0 bridgehead atoms. The van der Waals surface area contributed by atoms with Gasteiger partial charge in [-0.15, -0.1) is 0 Å². The minimum absolute atomic E-state index is 0. The molecule has 1 saturated heterocycles. The van der Waals surface area contributed by atoms with Crippen LogP contribution in [0.4, 0.5) is 0 Å². The zero-order valence-corrected chi connectivity index (χ0v) is 8.27. The molecule has 0 radical (unpaired) electrons. The lowest BCUT2D eigenvalue weighted by Crippen LogP contribution is -2.11. The van der Waals surface area contributed by atoms with Gasteiger partial charge in [-0.05, 0) is 6.42 Å². The summed E-state index contributed by atoms with van der Waals surface area (Å²) in [5.74, 6) is 1.41. The van der Waals surface area contributed by atoms with Gasteiger partial charge in [-0.2, -0.15) is 0 Å². The van der Waals surface area contributed by atoms with Gasteiger partial charge in [0.2, 0.25) is 0 Å². The molecule has 12 heavy (non-hydrogen) atoms. The second kappa shape index (κ2) is 9.79. The van der Waals surface area contributed by atoms with Gasteiger partial charge in [0.25, 0.3) is 0 Å². The Balaban J connectivity index is 0. The molecule has 2 heteroatoms. The summed E-state index contributed by atoms with van der Waals surface area (Å²) in [7, 11) is 4.11. The molecule has 1 fully saturated rings. The van der Waals surface area contributed by atoms with Gasteiger partial charge in [0.1, 0.15) is 0 Å². The quantitative estimate of drug-likeness (QED) is 0.461. The first-order chi connectivity index (χ1) is 4.93. The SMILES string of the molecule is C.C.CCCCCCC1CSS1. The smallest absolute Gasteiger partial charge is 0.0250 e. The summed E-state index contributed by atoms with van der Waals surface area (Å²) in [6.07, 6.45) is 7.19. The molecule has 0 aromatic carbocycles. The first kappa shape index (κ1) is 15.2. The Kier molecular flexibility index (Phi) is 12.4. The van der Waals surface area contributed by atoms with Crippen LogP contribution in [0.3, 0.4) is 0 Å². The minimum Gasteiger partial charge on any atom is -0.0927 e. The summed E-state index contributed by atoms with van der Waals surface area (Å²) < 4.78 is 0. The number of rotatable bonds is 5. The largest absolute Gasteiger partial charge is 0.0927 e. The monoisotopic (exact) mass is 208 g/mol. The van der Waals surface area contributed by atoms with Crippen molar-refractivity contribution in [1.29, 1.82) is 0 Å². The van der Waals surface area contributed by atoms with Gasteiger partial charge in [0.05, 0.1) is 0 Å². The third-order valence-electron chi connectivity index (χ3n) is 1.84. The number of hydrogen-bond donors (Lipinski definition) is 0. The van der Waals surface area contributed by atoms with Crippen LogP contribution < -0.4 is 0 Å². The fourth-order valence-corrected chi connectivity index (χ4v) is 3.13. The van der Waals surface area contributed by atoms with Crippen molar-refractivity contribution in [3.05, 3.63) is 0 Å². The second-order valence-corrected chi connectivity index (χ2v) is 5.56. The lowest BCUT2D eigenvalue weighted by atomic mass is 10.1. The van der Waals surface area contributed by atoms with Crippen molar-refractivity contribution >= 4 is 21.6 Å². The highest BCUT2D eigenvalue weighted by Crippen LogP contribution is 2.42. The maximum Gasteiger partial charge on any atom is 0.0250 e. The summed E-state index contributed by atoms with van der Waals surface area (Å²) in [5.41, 5.74) is 0. The van der Waals surface area contributed by atoms with Crippen LogP contribution in [0.15, 0.2) is 0 Å². The number of unbranched alkanes of at least 4 members (excludes halogenated alkanes) is 3. The molecule has 0 N–H and O–H groups in total. The van der Waals surface area contributed by atoms with Gasteiger partial charge in [-0.25, -0.2) is 0 Å². The predicted molar refractivity (Wildman–Crippen MR) is 66.1 cm³/mol. The van der Waals surface area contributed by atoms with Crippen LogP contribution in [-0.4, -0.2) is 11.0 Å². The minimum atomic E-state index is 0. The lowest BCUT2D eigenvalue weighted by Gasteiger charge is -2.23. The molecule has 1 aliphatic heterocycles. The van der Waals surface area contributed by atoms with E-state index in [0.717, 1.165) is 5.25 Å². The van der Waals surface area contributed by atoms with E-state index in [1.165, 1.54) is 37.9 Å². The summed E-state index contributed by atoms with van der Waals surface area (Å²) >= 11 is 0. The van der Waals surface area contributed by atoms with E-state index in [2.05, 4.69) is 17.7 Å². The predicted octanol–water partition coefficient (Wildman–Crippen LogP) is 4.99. The van der Waals surface area contributed by atoms with E-state index in [0.29, 0.717) is 0 Å². The summed E-state index contributed by atoms with van der Waals surface area (Å²) in [6.45, 7) is 2.27. The molecule has 76 valence electrons. The third kappa shape index (κ3) is 6.24. The Hall–Kier alpha value is 0.700. The highest BCUT2D eigenvalue weighted by Gasteiger charge is 2.17. The molecule has 1 heterocycles. The Bertz CT molecular complexity index is 79.9. The van der Waals surface area contributed by atoms with Crippen molar-refractivity contribution < 1.29 is 0 Å². The maximum absolute atomic E-state index is 2.27. The van der Waals surface area contributed by atoms with E-state index in [9.17, 15) is 0 Å². The molecule has 1 unspecified atom stereocenters. The van der Waals surface area contributed by atoms with Crippen LogP contribution >= 0.6 is 21.6 Å². The van der Waals surface area contributed by atoms with Gasteiger partial charge < -0.3 is 0 Å². The van der Waals surface area contributed by atoms with Crippen LogP contribution in [-0.2, 0) is 0 Å². The summed E-state index contributed by atoms with van der Waals surface area (Å²) in [5, 5.41) is 1.02. The number of hydrogen-bond acceptors (Lipinski definition) is 2. The molecule has 0 nitrogen and oxygen atoms in total. The molecule has 0 spiro atoms. The van der Waals surface area contributed by atoms with Crippen molar-refractivity contribution in [3.63, 3.8) is 0 Å². The van der Waals surface area contributed by atoms with Crippen LogP contribution in [0.5, 0.6) is 0 Å².